The summed E-state index contributed by atoms with van der Waals surface area (Å²) in [5, 5.41) is 9.68. The molecule has 2 aromatic rings. The lowest BCUT2D eigenvalue weighted by molar-refractivity contribution is 0.190. The molecule has 0 aliphatic carbocycles. The van der Waals surface area contributed by atoms with Crippen LogP contribution >= 0.6 is 0 Å². The summed E-state index contributed by atoms with van der Waals surface area (Å²) in [6, 6.07) is 15.3. The summed E-state index contributed by atoms with van der Waals surface area (Å²) in [5.41, 5.74) is 1.82. The molecule has 0 aliphatic heterocycles. The van der Waals surface area contributed by atoms with Crippen molar-refractivity contribution in [1.29, 1.82) is 0 Å². The third-order valence-electron chi connectivity index (χ3n) is 2.90. The number of ether oxygens (including phenoxy) is 2. The summed E-state index contributed by atoms with van der Waals surface area (Å²) in [6.45, 7) is 2.18. The van der Waals surface area contributed by atoms with E-state index in [1.807, 2.05) is 48.5 Å². The van der Waals surface area contributed by atoms with Crippen molar-refractivity contribution in [2.24, 2.45) is 0 Å². The van der Waals surface area contributed by atoms with E-state index in [0.717, 1.165) is 16.9 Å². The number of hydrogen-bond donors (Lipinski definition) is 1. The maximum Gasteiger partial charge on any atom is 0.125 e. The van der Waals surface area contributed by atoms with E-state index < -0.39 is 6.10 Å². The first-order chi connectivity index (χ1) is 9.20. The summed E-state index contributed by atoms with van der Waals surface area (Å²) in [6.07, 6.45) is -0.540. The first-order valence-electron chi connectivity index (χ1n) is 6.23. The van der Waals surface area contributed by atoms with E-state index in [0.29, 0.717) is 12.4 Å². The molecule has 0 bridgehead atoms. The first-order valence-corrected chi connectivity index (χ1v) is 6.23. The molecule has 19 heavy (non-hydrogen) atoms. The Hall–Kier alpha value is -2.00. The fourth-order valence-electron chi connectivity index (χ4n) is 1.88. The molecule has 3 heteroatoms. The van der Waals surface area contributed by atoms with Crippen LogP contribution in [-0.4, -0.2) is 12.2 Å². The molecule has 0 heterocycles. The van der Waals surface area contributed by atoms with E-state index in [9.17, 15) is 5.11 Å². The molecule has 0 aliphatic rings. The molecule has 2 rings (SSSR count). The number of hydrogen-bond acceptors (Lipinski definition) is 3. The minimum atomic E-state index is -0.540. The lowest BCUT2D eigenvalue weighted by Gasteiger charge is -2.13. The van der Waals surface area contributed by atoms with Gasteiger partial charge in [0.2, 0.25) is 0 Å². The molecule has 100 valence electrons. The molecule has 3 nitrogen and oxygen atoms in total. The van der Waals surface area contributed by atoms with Gasteiger partial charge in [-0.25, -0.2) is 0 Å². The molecule has 0 radical (unpaired) electrons. The highest BCUT2D eigenvalue weighted by atomic mass is 16.5. The number of benzene rings is 2. The normalized spacial score (nSPS) is 11.9. The van der Waals surface area contributed by atoms with Crippen LogP contribution in [0.5, 0.6) is 11.5 Å². The highest BCUT2D eigenvalue weighted by Crippen LogP contribution is 2.25. The van der Waals surface area contributed by atoms with Crippen LogP contribution in [0.15, 0.2) is 48.5 Å². The molecule has 1 N–H and O–H groups in total. The van der Waals surface area contributed by atoms with E-state index in [2.05, 4.69) is 0 Å². The van der Waals surface area contributed by atoms with Crippen molar-refractivity contribution in [3.8, 4) is 11.5 Å². The molecule has 0 saturated carbocycles. The Morgan fingerprint density at radius 3 is 2.63 bits per heavy atom. The molecule has 0 amide bonds. The van der Waals surface area contributed by atoms with E-state index in [-0.39, 0.29) is 0 Å². The molecule has 0 spiro atoms. The van der Waals surface area contributed by atoms with Crippen LogP contribution in [0, 0.1) is 0 Å². The van der Waals surface area contributed by atoms with E-state index in [4.69, 9.17) is 9.47 Å². The fraction of sp³-hybridized carbons (Fsp3) is 0.250. The van der Waals surface area contributed by atoms with Gasteiger partial charge in [0.05, 0.1) is 13.2 Å². The van der Waals surface area contributed by atoms with Gasteiger partial charge < -0.3 is 14.6 Å². The minimum Gasteiger partial charge on any atom is -0.497 e. The van der Waals surface area contributed by atoms with Gasteiger partial charge in [0.15, 0.2) is 0 Å². The predicted octanol–water partition coefficient (Wildman–Crippen LogP) is 3.33. The Balaban J connectivity index is 2.10. The van der Waals surface area contributed by atoms with Gasteiger partial charge in [0, 0.05) is 5.56 Å². The topological polar surface area (TPSA) is 38.7 Å². The lowest BCUT2D eigenvalue weighted by Crippen LogP contribution is -2.01. The second kappa shape index (κ2) is 6.25. The molecule has 1 atom stereocenters. The van der Waals surface area contributed by atoms with Crippen LogP contribution in [0.4, 0.5) is 0 Å². The summed E-state index contributed by atoms with van der Waals surface area (Å²) in [5.74, 6) is 1.52. The van der Waals surface area contributed by atoms with E-state index in [1.165, 1.54) is 0 Å². The van der Waals surface area contributed by atoms with Crippen LogP contribution in [0.1, 0.15) is 24.2 Å². The first kappa shape index (κ1) is 13.4. The summed E-state index contributed by atoms with van der Waals surface area (Å²) < 4.78 is 10.9. The molecule has 0 saturated heterocycles. The highest BCUT2D eigenvalue weighted by Gasteiger charge is 2.08. The largest absolute Gasteiger partial charge is 0.497 e. The Labute approximate surface area is 113 Å². The summed E-state index contributed by atoms with van der Waals surface area (Å²) in [4.78, 5) is 0. The quantitative estimate of drug-likeness (QED) is 0.894. The van der Waals surface area contributed by atoms with Crippen molar-refractivity contribution < 1.29 is 14.6 Å². The Morgan fingerprint density at radius 2 is 1.89 bits per heavy atom. The number of methoxy groups -OCH3 is 1. The summed E-state index contributed by atoms with van der Waals surface area (Å²) >= 11 is 0. The van der Waals surface area contributed by atoms with Crippen molar-refractivity contribution in [2.75, 3.05) is 7.11 Å². The standard InChI is InChI=1S/C16H18O3/c1-12(17)15-8-3-4-9-16(15)19-11-13-6-5-7-14(10-13)18-2/h3-10,12,17H,11H2,1-2H3. The van der Waals surface area contributed by atoms with Gasteiger partial charge in [-0.1, -0.05) is 30.3 Å². The Bertz CT molecular complexity index is 535. The average molecular weight is 258 g/mol. The predicted molar refractivity (Wildman–Crippen MR) is 74.4 cm³/mol. The SMILES string of the molecule is COc1cccc(COc2ccccc2C(C)O)c1. The van der Waals surface area contributed by atoms with Crippen LogP contribution in [-0.2, 0) is 6.61 Å². The molecule has 2 aromatic carbocycles. The molecular weight excluding hydrogens is 240 g/mol. The fourth-order valence-corrected chi connectivity index (χ4v) is 1.88. The number of para-hydroxylation sites is 1. The average Bonchev–Trinajstić information content (AvgIpc) is 2.45. The second-order valence-corrected chi connectivity index (χ2v) is 4.35. The maximum atomic E-state index is 9.68. The monoisotopic (exact) mass is 258 g/mol. The number of rotatable bonds is 5. The van der Waals surface area contributed by atoms with Crippen molar-refractivity contribution >= 4 is 0 Å². The zero-order chi connectivity index (χ0) is 13.7. The lowest BCUT2D eigenvalue weighted by atomic mass is 10.1. The van der Waals surface area contributed by atoms with Gasteiger partial charge in [0.25, 0.3) is 0 Å². The smallest absolute Gasteiger partial charge is 0.125 e. The van der Waals surface area contributed by atoms with Crippen molar-refractivity contribution in [3.63, 3.8) is 0 Å². The van der Waals surface area contributed by atoms with Crippen LogP contribution < -0.4 is 9.47 Å². The van der Waals surface area contributed by atoms with Crippen molar-refractivity contribution in [1.82, 2.24) is 0 Å². The van der Waals surface area contributed by atoms with Gasteiger partial charge >= 0.3 is 0 Å². The molecule has 0 fully saturated rings. The number of aliphatic hydroxyl groups is 1. The van der Waals surface area contributed by atoms with Gasteiger partial charge in [0.1, 0.15) is 18.1 Å². The Morgan fingerprint density at radius 1 is 1.11 bits per heavy atom. The maximum absolute atomic E-state index is 9.68. The summed E-state index contributed by atoms with van der Waals surface area (Å²) in [7, 11) is 1.64. The van der Waals surface area contributed by atoms with Gasteiger partial charge in [-0.15, -0.1) is 0 Å². The second-order valence-electron chi connectivity index (χ2n) is 4.35. The Kier molecular flexibility index (Phi) is 4.42. The van der Waals surface area contributed by atoms with Gasteiger partial charge in [-0.05, 0) is 30.7 Å². The van der Waals surface area contributed by atoms with Crippen LogP contribution in [0.2, 0.25) is 0 Å². The van der Waals surface area contributed by atoms with E-state index >= 15 is 0 Å². The number of aliphatic hydroxyl groups excluding tert-OH is 1. The van der Waals surface area contributed by atoms with Crippen molar-refractivity contribution in [3.05, 3.63) is 59.7 Å². The molecular formula is C16H18O3. The minimum absolute atomic E-state index is 0.445. The third-order valence-corrected chi connectivity index (χ3v) is 2.90. The zero-order valence-electron chi connectivity index (χ0n) is 11.2. The molecule has 1 unspecified atom stereocenters. The zero-order valence-corrected chi connectivity index (χ0v) is 11.2. The van der Waals surface area contributed by atoms with Gasteiger partial charge in [-0.2, -0.15) is 0 Å². The van der Waals surface area contributed by atoms with Crippen molar-refractivity contribution in [2.45, 2.75) is 19.6 Å². The van der Waals surface area contributed by atoms with Crippen LogP contribution in [0.3, 0.4) is 0 Å². The highest BCUT2D eigenvalue weighted by molar-refractivity contribution is 5.35. The van der Waals surface area contributed by atoms with E-state index in [1.54, 1.807) is 14.0 Å². The van der Waals surface area contributed by atoms with Gasteiger partial charge in [-0.3, -0.25) is 0 Å². The van der Waals surface area contributed by atoms with Crippen LogP contribution in [0.25, 0.3) is 0 Å². The third kappa shape index (κ3) is 3.48. The molecule has 0 aromatic heterocycles.